The first-order valence-corrected chi connectivity index (χ1v) is 10.3. The molecule has 1 fully saturated rings. The van der Waals surface area contributed by atoms with E-state index in [1.807, 2.05) is 17.0 Å². The zero-order chi connectivity index (χ0) is 19.8. The summed E-state index contributed by atoms with van der Waals surface area (Å²) in [7, 11) is 0. The van der Waals surface area contributed by atoms with Crippen LogP contribution in [0.5, 0.6) is 5.75 Å². The van der Waals surface area contributed by atoms with Crippen molar-refractivity contribution in [2.75, 3.05) is 13.1 Å². The first-order chi connectivity index (χ1) is 13.6. The van der Waals surface area contributed by atoms with Gasteiger partial charge in [0.25, 0.3) is 0 Å². The van der Waals surface area contributed by atoms with Crippen molar-refractivity contribution in [3.05, 3.63) is 59.9 Å². The van der Waals surface area contributed by atoms with Gasteiger partial charge in [-0.25, -0.2) is 4.79 Å². The highest BCUT2D eigenvalue weighted by atomic mass is 16.5. The summed E-state index contributed by atoms with van der Waals surface area (Å²) in [5.41, 5.74) is 2.52. The Morgan fingerprint density at radius 1 is 1.14 bits per heavy atom. The van der Waals surface area contributed by atoms with Crippen LogP contribution in [0.2, 0.25) is 0 Å². The Morgan fingerprint density at radius 2 is 1.79 bits per heavy atom. The predicted molar refractivity (Wildman–Crippen MR) is 111 cm³/mol. The fourth-order valence-electron chi connectivity index (χ4n) is 3.45. The number of hydrogen-bond acceptors (Lipinski definition) is 3. The van der Waals surface area contributed by atoms with Crippen molar-refractivity contribution in [3.63, 3.8) is 0 Å². The van der Waals surface area contributed by atoms with Crippen LogP contribution in [0.1, 0.15) is 44.2 Å². The minimum atomic E-state index is 0.0892. The fraction of sp³-hybridized carbons (Fsp3) is 0.478. The largest absolute Gasteiger partial charge is 0.489 e. The Balaban J connectivity index is 1.42. The first-order valence-electron chi connectivity index (χ1n) is 10.3. The van der Waals surface area contributed by atoms with Crippen molar-refractivity contribution in [1.29, 1.82) is 0 Å². The van der Waals surface area contributed by atoms with Gasteiger partial charge in [-0.3, -0.25) is 4.98 Å². The molecule has 2 aromatic rings. The number of rotatable bonds is 7. The Labute approximate surface area is 168 Å². The summed E-state index contributed by atoms with van der Waals surface area (Å²) in [4.78, 5) is 18.2. The molecule has 0 spiro atoms. The Morgan fingerprint density at radius 3 is 2.43 bits per heavy atom. The Kier molecular flexibility index (Phi) is 7.29. The van der Waals surface area contributed by atoms with E-state index in [0.29, 0.717) is 12.5 Å². The molecule has 1 aromatic carbocycles. The molecule has 1 N–H and O–H groups in total. The molecule has 0 saturated carbocycles. The fourth-order valence-corrected chi connectivity index (χ4v) is 3.45. The number of likely N-dealkylation sites (tertiary alicyclic amines) is 1. The van der Waals surface area contributed by atoms with Gasteiger partial charge in [0.05, 0.1) is 0 Å². The molecule has 1 aromatic heterocycles. The van der Waals surface area contributed by atoms with Gasteiger partial charge < -0.3 is 15.0 Å². The van der Waals surface area contributed by atoms with Crippen molar-refractivity contribution >= 4 is 6.03 Å². The number of benzene rings is 1. The second-order valence-electron chi connectivity index (χ2n) is 7.68. The molecule has 2 heterocycles. The van der Waals surface area contributed by atoms with Crippen molar-refractivity contribution in [1.82, 2.24) is 15.2 Å². The third-order valence-electron chi connectivity index (χ3n) is 5.49. The number of urea groups is 1. The van der Waals surface area contributed by atoms with Gasteiger partial charge in [-0.1, -0.05) is 31.2 Å². The summed E-state index contributed by atoms with van der Waals surface area (Å²) in [6, 6.07) is 12.8. The zero-order valence-corrected chi connectivity index (χ0v) is 16.9. The lowest BCUT2D eigenvalue weighted by atomic mass is 9.90. The molecule has 5 nitrogen and oxygen atoms in total. The topological polar surface area (TPSA) is 54.5 Å². The van der Waals surface area contributed by atoms with Crippen LogP contribution >= 0.6 is 0 Å². The number of hydrogen-bond donors (Lipinski definition) is 1. The number of nitrogens with one attached hydrogen (secondary N) is 1. The molecule has 2 amide bonds. The highest BCUT2D eigenvalue weighted by Gasteiger charge is 2.23. The van der Waals surface area contributed by atoms with Crippen LogP contribution in [0.25, 0.3) is 0 Å². The van der Waals surface area contributed by atoms with Gasteiger partial charge in [0.15, 0.2) is 0 Å². The van der Waals surface area contributed by atoms with Gasteiger partial charge in [-0.05, 0) is 61.8 Å². The molecule has 3 rings (SSSR count). The molecule has 150 valence electrons. The lowest BCUT2D eigenvalue weighted by Gasteiger charge is -2.33. The molecule has 28 heavy (non-hydrogen) atoms. The van der Waals surface area contributed by atoms with E-state index in [-0.39, 0.29) is 12.1 Å². The highest BCUT2D eigenvalue weighted by Crippen LogP contribution is 2.22. The van der Waals surface area contributed by atoms with Crippen LogP contribution in [0.4, 0.5) is 4.79 Å². The van der Waals surface area contributed by atoms with Crippen LogP contribution in [0.3, 0.4) is 0 Å². The molecular formula is C23H31N3O2. The first kappa shape index (κ1) is 20.2. The van der Waals surface area contributed by atoms with Gasteiger partial charge in [-0.2, -0.15) is 0 Å². The molecule has 1 saturated heterocycles. The standard InChI is InChI=1S/C23H31N3O2/c1-3-18(2)25-23(27)26-14-10-20(11-15-26)16-19-4-6-21(7-5-19)17-28-22-8-12-24-13-9-22/h4-9,12-13,18,20H,3,10-11,14-17H2,1-2H3,(H,25,27). The molecule has 0 bridgehead atoms. The summed E-state index contributed by atoms with van der Waals surface area (Å²) in [5.74, 6) is 1.48. The van der Waals surface area contributed by atoms with Crippen LogP contribution in [-0.4, -0.2) is 35.0 Å². The van der Waals surface area contributed by atoms with Crippen molar-refractivity contribution in [2.24, 2.45) is 5.92 Å². The van der Waals surface area contributed by atoms with Crippen molar-refractivity contribution < 1.29 is 9.53 Å². The minimum absolute atomic E-state index is 0.0892. The zero-order valence-electron chi connectivity index (χ0n) is 16.9. The SMILES string of the molecule is CCC(C)NC(=O)N1CCC(Cc2ccc(COc3ccncc3)cc2)CC1. The van der Waals surface area contributed by atoms with Gasteiger partial charge in [0.1, 0.15) is 12.4 Å². The summed E-state index contributed by atoms with van der Waals surface area (Å²) >= 11 is 0. The van der Waals surface area contributed by atoms with E-state index in [1.54, 1.807) is 12.4 Å². The molecule has 1 atom stereocenters. The smallest absolute Gasteiger partial charge is 0.317 e. The maximum absolute atomic E-state index is 12.2. The van der Waals surface area contributed by atoms with Crippen LogP contribution in [0, 0.1) is 5.92 Å². The third-order valence-corrected chi connectivity index (χ3v) is 5.49. The number of nitrogens with zero attached hydrogens (tertiary/aromatic N) is 2. The normalized spacial score (nSPS) is 15.9. The second-order valence-corrected chi connectivity index (χ2v) is 7.68. The minimum Gasteiger partial charge on any atom is -0.489 e. The van der Waals surface area contributed by atoms with Crippen molar-refractivity contribution in [2.45, 2.75) is 52.2 Å². The molecule has 0 aliphatic carbocycles. The summed E-state index contributed by atoms with van der Waals surface area (Å²) < 4.78 is 5.77. The Hall–Kier alpha value is -2.56. The van der Waals surface area contributed by atoms with Crippen LogP contribution < -0.4 is 10.1 Å². The summed E-state index contributed by atoms with van der Waals surface area (Å²) in [6.45, 7) is 6.41. The van der Waals surface area contributed by atoms with E-state index in [0.717, 1.165) is 50.1 Å². The third kappa shape index (κ3) is 5.98. The van der Waals surface area contributed by atoms with E-state index >= 15 is 0 Å². The maximum atomic E-state index is 12.2. The summed E-state index contributed by atoms with van der Waals surface area (Å²) in [6.07, 6.45) is 7.65. The van der Waals surface area contributed by atoms with Gasteiger partial charge in [0, 0.05) is 31.5 Å². The molecular weight excluding hydrogens is 350 g/mol. The number of pyridine rings is 1. The van der Waals surface area contributed by atoms with E-state index in [1.165, 1.54) is 5.56 Å². The van der Waals surface area contributed by atoms with Crippen LogP contribution in [-0.2, 0) is 13.0 Å². The maximum Gasteiger partial charge on any atom is 0.317 e. The Bertz CT molecular complexity index is 725. The molecule has 1 unspecified atom stereocenters. The van der Waals surface area contributed by atoms with E-state index < -0.39 is 0 Å². The number of piperidine rings is 1. The number of carbonyl (C=O) groups is 1. The average Bonchev–Trinajstić information content (AvgIpc) is 2.74. The molecule has 1 aliphatic heterocycles. The number of amides is 2. The molecule has 5 heteroatoms. The number of carbonyl (C=O) groups excluding carboxylic acids is 1. The van der Waals surface area contributed by atoms with Gasteiger partial charge >= 0.3 is 6.03 Å². The second kappa shape index (κ2) is 10.1. The molecule has 0 radical (unpaired) electrons. The molecule has 1 aliphatic rings. The lowest BCUT2D eigenvalue weighted by Crippen LogP contribution is -2.47. The lowest BCUT2D eigenvalue weighted by molar-refractivity contribution is 0.167. The summed E-state index contributed by atoms with van der Waals surface area (Å²) in [5, 5.41) is 3.07. The highest BCUT2D eigenvalue weighted by molar-refractivity contribution is 5.74. The van der Waals surface area contributed by atoms with Crippen molar-refractivity contribution in [3.8, 4) is 5.75 Å². The quantitative estimate of drug-likeness (QED) is 0.772. The van der Waals surface area contributed by atoms with Gasteiger partial charge in [-0.15, -0.1) is 0 Å². The predicted octanol–water partition coefficient (Wildman–Crippen LogP) is 4.42. The average molecular weight is 382 g/mol. The number of aromatic nitrogens is 1. The van der Waals surface area contributed by atoms with E-state index in [9.17, 15) is 4.79 Å². The van der Waals surface area contributed by atoms with Gasteiger partial charge in [0.2, 0.25) is 0 Å². The van der Waals surface area contributed by atoms with E-state index in [4.69, 9.17) is 4.74 Å². The van der Waals surface area contributed by atoms with Crippen LogP contribution in [0.15, 0.2) is 48.8 Å². The number of ether oxygens (including phenoxy) is 1. The monoisotopic (exact) mass is 381 g/mol. The van der Waals surface area contributed by atoms with E-state index in [2.05, 4.69) is 48.4 Å².